The molecule has 2 heterocycles. The summed E-state index contributed by atoms with van der Waals surface area (Å²) in [6, 6.07) is 9.17. The standard InChI is InChI=1S/C24H22ClF3N2O2/c1-2-20-17(22(32-24(27)28)16-6-5-7-19(26)21(16)29-20)12-14-8-9-15(13-18(14)25)23(31)30-10-3-4-11-30/h5-9,13,24H,2-4,10-12H2,1H3. The lowest BCUT2D eigenvalue weighted by molar-refractivity contribution is -0.0494. The molecule has 32 heavy (non-hydrogen) atoms. The average Bonchev–Trinajstić information content (AvgIpc) is 3.30. The van der Waals surface area contributed by atoms with Gasteiger partial charge in [0.15, 0.2) is 0 Å². The first-order valence-corrected chi connectivity index (χ1v) is 10.9. The molecule has 3 aromatic rings. The number of ether oxygens (including phenoxy) is 1. The Balaban J connectivity index is 1.75. The molecule has 1 saturated heterocycles. The third-order valence-corrected chi connectivity index (χ3v) is 6.05. The van der Waals surface area contributed by atoms with E-state index >= 15 is 0 Å². The van der Waals surface area contributed by atoms with Crippen LogP contribution in [0.1, 0.15) is 46.9 Å². The van der Waals surface area contributed by atoms with Crippen LogP contribution in [0.5, 0.6) is 5.75 Å². The Morgan fingerprint density at radius 1 is 1.22 bits per heavy atom. The number of hydrogen-bond acceptors (Lipinski definition) is 3. The van der Waals surface area contributed by atoms with Gasteiger partial charge in [0.1, 0.15) is 17.1 Å². The van der Waals surface area contributed by atoms with Gasteiger partial charge in [-0.1, -0.05) is 30.7 Å². The first kappa shape index (κ1) is 22.4. The van der Waals surface area contributed by atoms with Gasteiger partial charge >= 0.3 is 6.61 Å². The van der Waals surface area contributed by atoms with E-state index in [1.807, 2.05) is 6.92 Å². The summed E-state index contributed by atoms with van der Waals surface area (Å²) in [6.45, 7) is 0.185. The van der Waals surface area contributed by atoms with Gasteiger partial charge < -0.3 is 9.64 Å². The lowest BCUT2D eigenvalue weighted by atomic mass is 9.97. The summed E-state index contributed by atoms with van der Waals surface area (Å²) in [4.78, 5) is 18.8. The van der Waals surface area contributed by atoms with E-state index in [-0.39, 0.29) is 29.0 Å². The fraction of sp³-hybridized carbons (Fsp3) is 0.333. The van der Waals surface area contributed by atoms with Gasteiger partial charge in [0, 0.05) is 46.7 Å². The van der Waals surface area contributed by atoms with Crippen molar-refractivity contribution in [2.75, 3.05) is 13.1 Å². The van der Waals surface area contributed by atoms with E-state index in [1.54, 1.807) is 23.1 Å². The highest BCUT2D eigenvalue weighted by atomic mass is 35.5. The number of hydrogen-bond donors (Lipinski definition) is 0. The number of aryl methyl sites for hydroxylation is 1. The minimum Gasteiger partial charge on any atom is -0.434 e. The SMILES string of the molecule is CCc1nc2c(F)cccc2c(OC(F)F)c1Cc1ccc(C(=O)N2CCCC2)cc1Cl. The molecule has 0 aliphatic carbocycles. The number of pyridine rings is 1. The quantitative estimate of drug-likeness (QED) is 0.450. The van der Waals surface area contributed by atoms with Crippen LogP contribution in [0.25, 0.3) is 10.9 Å². The zero-order valence-electron chi connectivity index (χ0n) is 17.5. The first-order valence-electron chi connectivity index (χ1n) is 10.5. The number of carbonyl (C=O) groups is 1. The van der Waals surface area contributed by atoms with E-state index < -0.39 is 12.4 Å². The molecular weight excluding hydrogens is 441 g/mol. The summed E-state index contributed by atoms with van der Waals surface area (Å²) in [5.41, 5.74) is 1.98. The summed E-state index contributed by atoms with van der Waals surface area (Å²) >= 11 is 6.49. The van der Waals surface area contributed by atoms with E-state index in [4.69, 9.17) is 16.3 Å². The molecule has 0 radical (unpaired) electrons. The van der Waals surface area contributed by atoms with Crippen LogP contribution in [0, 0.1) is 5.82 Å². The molecule has 0 unspecified atom stereocenters. The number of halogens is 4. The van der Waals surface area contributed by atoms with Crippen LogP contribution in [0.3, 0.4) is 0 Å². The summed E-state index contributed by atoms with van der Waals surface area (Å²) in [5, 5.41) is 0.522. The highest BCUT2D eigenvalue weighted by molar-refractivity contribution is 6.31. The third-order valence-electron chi connectivity index (χ3n) is 5.70. The molecule has 168 valence electrons. The first-order chi connectivity index (χ1) is 15.4. The molecule has 1 aliphatic rings. The molecule has 2 aromatic carbocycles. The maximum absolute atomic E-state index is 14.3. The number of aromatic nitrogens is 1. The summed E-state index contributed by atoms with van der Waals surface area (Å²) in [6.07, 6.45) is 2.52. The molecule has 4 rings (SSSR count). The van der Waals surface area contributed by atoms with Crippen molar-refractivity contribution in [2.24, 2.45) is 0 Å². The van der Waals surface area contributed by atoms with Gasteiger partial charge in [-0.05, 0) is 49.1 Å². The molecular formula is C24H22ClF3N2O2. The van der Waals surface area contributed by atoms with Crippen molar-refractivity contribution in [3.8, 4) is 5.75 Å². The number of carbonyl (C=O) groups excluding carboxylic acids is 1. The minimum atomic E-state index is -3.08. The number of nitrogens with zero attached hydrogens (tertiary/aromatic N) is 2. The number of para-hydroxylation sites is 1. The fourth-order valence-electron chi connectivity index (χ4n) is 4.12. The van der Waals surface area contributed by atoms with Crippen molar-refractivity contribution in [3.63, 3.8) is 0 Å². The molecule has 0 spiro atoms. The van der Waals surface area contributed by atoms with E-state index in [9.17, 15) is 18.0 Å². The van der Waals surface area contributed by atoms with Gasteiger partial charge in [-0.15, -0.1) is 0 Å². The number of fused-ring (bicyclic) bond motifs is 1. The predicted molar refractivity (Wildman–Crippen MR) is 117 cm³/mol. The van der Waals surface area contributed by atoms with Gasteiger partial charge in [-0.2, -0.15) is 8.78 Å². The summed E-state index contributed by atoms with van der Waals surface area (Å²) in [7, 11) is 0. The van der Waals surface area contributed by atoms with Crippen LogP contribution < -0.4 is 4.74 Å². The summed E-state index contributed by atoms with van der Waals surface area (Å²) < 4.78 is 45.7. The van der Waals surface area contributed by atoms with Crippen LogP contribution >= 0.6 is 11.6 Å². The van der Waals surface area contributed by atoms with Crippen molar-refractivity contribution >= 4 is 28.4 Å². The van der Waals surface area contributed by atoms with Crippen molar-refractivity contribution in [1.29, 1.82) is 0 Å². The van der Waals surface area contributed by atoms with Crippen LogP contribution in [-0.4, -0.2) is 35.5 Å². The topological polar surface area (TPSA) is 42.4 Å². The van der Waals surface area contributed by atoms with Gasteiger partial charge in [-0.3, -0.25) is 4.79 Å². The molecule has 8 heteroatoms. The highest BCUT2D eigenvalue weighted by Crippen LogP contribution is 2.36. The van der Waals surface area contributed by atoms with Crippen LogP contribution in [0.2, 0.25) is 5.02 Å². The van der Waals surface area contributed by atoms with Gasteiger partial charge in [0.2, 0.25) is 0 Å². The second kappa shape index (κ2) is 9.36. The Morgan fingerprint density at radius 3 is 2.62 bits per heavy atom. The lowest BCUT2D eigenvalue weighted by Gasteiger charge is -2.18. The monoisotopic (exact) mass is 462 g/mol. The summed E-state index contributed by atoms with van der Waals surface area (Å²) in [5.74, 6) is -0.782. The second-order valence-corrected chi connectivity index (χ2v) is 8.12. The zero-order chi connectivity index (χ0) is 22.8. The molecule has 0 saturated carbocycles. The van der Waals surface area contributed by atoms with Crippen molar-refractivity contribution in [1.82, 2.24) is 9.88 Å². The molecule has 0 bridgehead atoms. The minimum absolute atomic E-state index is 0.0126. The molecule has 1 amide bonds. The number of benzene rings is 2. The maximum Gasteiger partial charge on any atom is 0.387 e. The van der Waals surface area contributed by atoms with Crippen LogP contribution in [-0.2, 0) is 12.8 Å². The molecule has 4 nitrogen and oxygen atoms in total. The highest BCUT2D eigenvalue weighted by Gasteiger charge is 2.23. The number of rotatable bonds is 6. The third kappa shape index (κ3) is 4.39. The Labute approximate surface area is 189 Å². The average molecular weight is 463 g/mol. The largest absolute Gasteiger partial charge is 0.434 e. The smallest absolute Gasteiger partial charge is 0.387 e. The Morgan fingerprint density at radius 2 is 1.97 bits per heavy atom. The van der Waals surface area contributed by atoms with Crippen molar-refractivity contribution in [2.45, 2.75) is 39.2 Å². The molecule has 1 aromatic heterocycles. The maximum atomic E-state index is 14.3. The van der Waals surface area contributed by atoms with Gasteiger partial charge in [0.25, 0.3) is 5.91 Å². The van der Waals surface area contributed by atoms with E-state index in [2.05, 4.69) is 4.98 Å². The molecule has 1 aliphatic heterocycles. The van der Waals surface area contributed by atoms with Crippen LogP contribution in [0.15, 0.2) is 36.4 Å². The second-order valence-electron chi connectivity index (χ2n) is 7.72. The van der Waals surface area contributed by atoms with Crippen molar-refractivity contribution in [3.05, 3.63) is 69.6 Å². The normalized spacial score (nSPS) is 13.9. The van der Waals surface area contributed by atoms with Gasteiger partial charge in [-0.25, -0.2) is 9.37 Å². The van der Waals surface area contributed by atoms with E-state index in [0.29, 0.717) is 33.8 Å². The van der Waals surface area contributed by atoms with E-state index in [1.165, 1.54) is 18.2 Å². The van der Waals surface area contributed by atoms with Crippen molar-refractivity contribution < 1.29 is 22.7 Å². The van der Waals surface area contributed by atoms with Gasteiger partial charge in [0.05, 0.1) is 0 Å². The molecule has 0 atom stereocenters. The predicted octanol–water partition coefficient (Wildman–Crippen LogP) is 6.02. The lowest BCUT2D eigenvalue weighted by Crippen LogP contribution is -2.27. The number of likely N-dealkylation sites (tertiary alicyclic amines) is 1. The fourth-order valence-corrected chi connectivity index (χ4v) is 4.37. The van der Waals surface area contributed by atoms with E-state index in [0.717, 1.165) is 25.9 Å². The Bertz CT molecular complexity index is 1160. The zero-order valence-corrected chi connectivity index (χ0v) is 18.3. The number of alkyl halides is 2. The molecule has 1 fully saturated rings. The Kier molecular flexibility index (Phi) is 6.55. The Hall–Kier alpha value is -2.80. The number of amides is 1. The van der Waals surface area contributed by atoms with Crippen LogP contribution in [0.4, 0.5) is 13.2 Å². The molecule has 0 N–H and O–H groups in total.